The average molecular weight is 249 g/mol. The Morgan fingerprint density at radius 2 is 1.82 bits per heavy atom. The lowest BCUT2D eigenvalue weighted by Gasteiger charge is -2.04. The third-order valence-electron chi connectivity index (χ3n) is 4.54. The summed E-state index contributed by atoms with van der Waals surface area (Å²) in [6.45, 7) is 0.935. The van der Waals surface area contributed by atoms with Gasteiger partial charge in [0.2, 0.25) is 0 Å². The highest BCUT2D eigenvalue weighted by atomic mass is 32.1. The maximum atomic E-state index is 4.43. The first kappa shape index (κ1) is 10.4. The largest absolute Gasteiger partial charge is 0.308 e. The number of aromatic nitrogens is 2. The molecule has 0 bridgehead atoms. The molecular formula is C13H19N3S. The molecule has 1 aromatic rings. The summed E-state index contributed by atoms with van der Waals surface area (Å²) in [4.78, 5) is 0. The minimum absolute atomic E-state index is 0.769. The van der Waals surface area contributed by atoms with Crippen LogP contribution >= 0.6 is 11.3 Å². The Morgan fingerprint density at radius 3 is 2.53 bits per heavy atom. The van der Waals surface area contributed by atoms with Crippen molar-refractivity contribution < 1.29 is 0 Å². The van der Waals surface area contributed by atoms with Crippen LogP contribution in [-0.2, 0) is 6.54 Å². The number of rotatable bonds is 4. The van der Waals surface area contributed by atoms with Crippen LogP contribution < -0.4 is 5.32 Å². The topological polar surface area (TPSA) is 37.8 Å². The Balaban J connectivity index is 1.40. The molecule has 1 heterocycles. The third-order valence-corrected chi connectivity index (χ3v) is 5.57. The van der Waals surface area contributed by atoms with Crippen molar-refractivity contribution in [1.82, 2.24) is 15.5 Å². The molecule has 0 aromatic carbocycles. The van der Waals surface area contributed by atoms with Gasteiger partial charge in [0.1, 0.15) is 10.0 Å². The van der Waals surface area contributed by atoms with Crippen LogP contribution in [0.25, 0.3) is 0 Å². The molecule has 3 aliphatic carbocycles. The molecule has 2 unspecified atom stereocenters. The summed E-state index contributed by atoms with van der Waals surface area (Å²) >= 11 is 1.85. The summed E-state index contributed by atoms with van der Waals surface area (Å²) < 4.78 is 0. The highest BCUT2D eigenvalue weighted by Gasteiger charge is 2.53. The van der Waals surface area contributed by atoms with Gasteiger partial charge in [-0.05, 0) is 37.5 Å². The van der Waals surface area contributed by atoms with Crippen molar-refractivity contribution in [3.05, 3.63) is 10.0 Å². The molecule has 1 aromatic heterocycles. The van der Waals surface area contributed by atoms with Gasteiger partial charge in [-0.1, -0.05) is 24.2 Å². The number of hydrogen-bond acceptors (Lipinski definition) is 4. The summed E-state index contributed by atoms with van der Waals surface area (Å²) in [7, 11) is 0. The molecular weight excluding hydrogens is 230 g/mol. The minimum atomic E-state index is 0.769. The summed E-state index contributed by atoms with van der Waals surface area (Å²) in [6, 6.07) is 0.769. The van der Waals surface area contributed by atoms with Crippen molar-refractivity contribution in [3.8, 4) is 0 Å². The van der Waals surface area contributed by atoms with E-state index in [9.17, 15) is 0 Å². The van der Waals surface area contributed by atoms with E-state index in [1.165, 1.54) is 48.5 Å². The van der Waals surface area contributed by atoms with E-state index in [2.05, 4.69) is 15.5 Å². The zero-order chi connectivity index (χ0) is 11.2. The van der Waals surface area contributed by atoms with Gasteiger partial charge in [0.15, 0.2) is 0 Å². The maximum absolute atomic E-state index is 4.43. The van der Waals surface area contributed by atoms with Gasteiger partial charge in [-0.2, -0.15) is 0 Å². The van der Waals surface area contributed by atoms with Crippen molar-refractivity contribution in [1.29, 1.82) is 0 Å². The van der Waals surface area contributed by atoms with Gasteiger partial charge < -0.3 is 5.32 Å². The van der Waals surface area contributed by atoms with Crippen molar-refractivity contribution in [2.75, 3.05) is 0 Å². The van der Waals surface area contributed by atoms with Crippen LogP contribution in [0.3, 0.4) is 0 Å². The van der Waals surface area contributed by atoms with E-state index >= 15 is 0 Å². The Morgan fingerprint density at radius 1 is 1.06 bits per heavy atom. The summed E-state index contributed by atoms with van der Waals surface area (Å²) in [5.74, 6) is 2.70. The van der Waals surface area contributed by atoms with E-state index in [4.69, 9.17) is 0 Å². The molecule has 1 N–H and O–H groups in total. The Hall–Kier alpha value is -0.480. The second kappa shape index (κ2) is 4.02. The lowest BCUT2D eigenvalue weighted by atomic mass is 10.0. The molecule has 0 amide bonds. The van der Waals surface area contributed by atoms with Crippen molar-refractivity contribution >= 4 is 11.3 Å². The summed E-state index contributed by atoms with van der Waals surface area (Å²) in [5, 5.41) is 14.8. The van der Waals surface area contributed by atoms with Crippen molar-refractivity contribution in [3.63, 3.8) is 0 Å². The van der Waals surface area contributed by atoms with E-state index in [1.54, 1.807) is 0 Å². The molecule has 17 heavy (non-hydrogen) atoms. The lowest BCUT2D eigenvalue weighted by molar-refractivity contribution is 0.480. The predicted molar refractivity (Wildman–Crippen MR) is 68.0 cm³/mol. The molecule has 0 spiro atoms. The van der Waals surface area contributed by atoms with Gasteiger partial charge in [-0.15, -0.1) is 10.2 Å². The second-order valence-corrected chi connectivity index (χ2v) is 6.92. The van der Waals surface area contributed by atoms with Gasteiger partial charge in [0.25, 0.3) is 0 Å². The molecule has 0 aliphatic heterocycles. The number of nitrogens with zero attached hydrogens (tertiary/aromatic N) is 2. The van der Waals surface area contributed by atoms with Gasteiger partial charge >= 0.3 is 0 Å². The number of hydrogen-bond donors (Lipinski definition) is 1. The standard InChI is InChI=1S/C13H19N3S/c1-2-4-10-9(3-1)12(10)13-16-15-11(17-13)7-14-8-5-6-8/h8-10,12,14H,1-7H2. The predicted octanol–water partition coefficient (Wildman–Crippen LogP) is 2.69. The fraction of sp³-hybridized carbons (Fsp3) is 0.846. The fourth-order valence-corrected chi connectivity index (χ4v) is 4.40. The van der Waals surface area contributed by atoms with E-state index in [0.29, 0.717) is 0 Å². The number of fused-ring (bicyclic) bond motifs is 1. The van der Waals surface area contributed by atoms with E-state index in [1.807, 2.05) is 11.3 Å². The molecule has 0 radical (unpaired) electrons. The molecule has 3 nitrogen and oxygen atoms in total. The summed E-state index contributed by atoms with van der Waals surface area (Å²) in [6.07, 6.45) is 8.44. The van der Waals surface area contributed by atoms with Crippen molar-refractivity contribution in [2.45, 2.75) is 57.0 Å². The summed E-state index contributed by atoms with van der Waals surface area (Å²) in [5.41, 5.74) is 0. The monoisotopic (exact) mass is 249 g/mol. The van der Waals surface area contributed by atoms with Crippen molar-refractivity contribution in [2.24, 2.45) is 11.8 Å². The first-order valence-corrected chi connectivity index (χ1v) is 7.79. The quantitative estimate of drug-likeness (QED) is 0.891. The van der Waals surface area contributed by atoms with Gasteiger partial charge in [-0.3, -0.25) is 0 Å². The van der Waals surface area contributed by atoms with Crippen LogP contribution in [0.15, 0.2) is 0 Å². The van der Waals surface area contributed by atoms with E-state index in [0.717, 1.165) is 30.3 Å². The molecule has 4 rings (SSSR count). The van der Waals surface area contributed by atoms with E-state index in [-0.39, 0.29) is 0 Å². The molecule has 3 fully saturated rings. The second-order valence-electron chi connectivity index (χ2n) is 5.83. The minimum Gasteiger partial charge on any atom is -0.308 e. The van der Waals surface area contributed by atoms with Crippen LogP contribution in [0.1, 0.15) is 54.5 Å². The van der Waals surface area contributed by atoms with Crippen LogP contribution in [0.4, 0.5) is 0 Å². The van der Waals surface area contributed by atoms with Crippen LogP contribution in [-0.4, -0.2) is 16.2 Å². The molecule has 0 saturated heterocycles. The van der Waals surface area contributed by atoms with Crippen LogP contribution in [0.5, 0.6) is 0 Å². The average Bonchev–Trinajstić information content (AvgIpc) is 3.26. The maximum Gasteiger partial charge on any atom is 0.131 e. The Labute approximate surface area is 106 Å². The normalized spacial score (nSPS) is 35.6. The molecule has 3 saturated carbocycles. The highest BCUT2D eigenvalue weighted by Crippen LogP contribution is 2.61. The first-order chi connectivity index (χ1) is 8.42. The molecule has 2 atom stereocenters. The van der Waals surface area contributed by atoms with Crippen LogP contribution in [0.2, 0.25) is 0 Å². The first-order valence-electron chi connectivity index (χ1n) is 6.97. The van der Waals surface area contributed by atoms with Gasteiger partial charge in [-0.25, -0.2) is 0 Å². The highest BCUT2D eigenvalue weighted by molar-refractivity contribution is 7.11. The molecule has 92 valence electrons. The zero-order valence-corrected chi connectivity index (χ0v) is 10.9. The zero-order valence-electron chi connectivity index (χ0n) is 10.1. The Kier molecular flexibility index (Phi) is 2.47. The number of nitrogens with one attached hydrogen (secondary N) is 1. The smallest absolute Gasteiger partial charge is 0.131 e. The SMILES string of the molecule is C1CCC2C(C1)C2c1nnc(CNC2CC2)s1. The lowest BCUT2D eigenvalue weighted by Crippen LogP contribution is -2.14. The third kappa shape index (κ3) is 2.02. The van der Waals surface area contributed by atoms with E-state index < -0.39 is 0 Å². The molecule has 4 heteroatoms. The van der Waals surface area contributed by atoms with Gasteiger partial charge in [0, 0.05) is 18.5 Å². The van der Waals surface area contributed by atoms with Crippen LogP contribution in [0, 0.1) is 11.8 Å². The van der Waals surface area contributed by atoms with Gasteiger partial charge in [0.05, 0.1) is 0 Å². The fourth-order valence-electron chi connectivity index (χ4n) is 3.35. The Bertz CT molecular complexity index is 401. The molecule has 3 aliphatic rings.